The van der Waals surface area contributed by atoms with E-state index in [0.717, 1.165) is 15.9 Å². The molecular formula is C24H20N4O3S. The number of aromatic hydroxyl groups is 1. The number of hydrogen-bond acceptors (Lipinski definition) is 6. The number of hydrogen-bond donors (Lipinski definition) is 3. The Balaban J connectivity index is 1.43. The topological polar surface area (TPSA) is 94.6 Å². The first-order valence-electron chi connectivity index (χ1n) is 10.1. The number of benzene rings is 3. The summed E-state index contributed by atoms with van der Waals surface area (Å²) in [5, 5.41) is 16.8. The molecule has 2 amide bonds. The van der Waals surface area contributed by atoms with Gasteiger partial charge in [0.2, 0.25) is 5.91 Å². The van der Waals surface area contributed by atoms with Crippen molar-refractivity contribution < 1.29 is 14.7 Å². The highest BCUT2D eigenvalue weighted by Gasteiger charge is 2.19. The SMILES string of the molecule is CN1CCC(=O)Nc2cc(C(=O)Nc3ccc(O)c(-c4nc5ccccc5s4)c3)ccc21. The second kappa shape index (κ2) is 7.97. The number of para-hydroxylation sites is 1. The lowest BCUT2D eigenvalue weighted by Gasteiger charge is -2.18. The fourth-order valence-corrected chi connectivity index (χ4v) is 4.68. The molecule has 8 heteroatoms. The number of amides is 2. The van der Waals surface area contributed by atoms with Crippen LogP contribution in [0.15, 0.2) is 60.7 Å². The maximum absolute atomic E-state index is 12.9. The van der Waals surface area contributed by atoms with Gasteiger partial charge in [-0.05, 0) is 48.5 Å². The molecule has 32 heavy (non-hydrogen) atoms. The molecule has 3 N–H and O–H groups in total. The minimum absolute atomic E-state index is 0.0767. The zero-order valence-corrected chi connectivity index (χ0v) is 18.1. The minimum Gasteiger partial charge on any atom is -0.507 e. The molecule has 0 saturated carbocycles. The summed E-state index contributed by atoms with van der Waals surface area (Å²) < 4.78 is 1.02. The summed E-state index contributed by atoms with van der Waals surface area (Å²) in [4.78, 5) is 31.5. The first-order chi connectivity index (χ1) is 15.5. The summed E-state index contributed by atoms with van der Waals surface area (Å²) in [7, 11) is 1.92. The molecule has 0 unspecified atom stereocenters. The Morgan fingerprint density at radius 3 is 2.84 bits per heavy atom. The first kappa shape index (κ1) is 20.0. The second-order valence-corrected chi connectivity index (χ2v) is 8.66. The lowest BCUT2D eigenvalue weighted by molar-refractivity contribution is -0.115. The van der Waals surface area contributed by atoms with Crippen LogP contribution in [-0.4, -0.2) is 35.5 Å². The molecule has 0 radical (unpaired) electrons. The lowest BCUT2D eigenvalue weighted by atomic mass is 10.1. The largest absolute Gasteiger partial charge is 0.507 e. The van der Waals surface area contributed by atoms with Crippen LogP contribution in [-0.2, 0) is 4.79 Å². The maximum Gasteiger partial charge on any atom is 0.255 e. The van der Waals surface area contributed by atoms with Crippen molar-refractivity contribution in [2.45, 2.75) is 6.42 Å². The standard InChI is InChI=1S/C24H20N4O3S/c1-28-11-10-22(30)26-18-12-14(6-8-19(18)28)23(31)25-15-7-9-20(29)16(13-15)24-27-17-4-2-3-5-21(17)32-24/h2-9,12-13,29H,10-11H2,1H3,(H,25,31)(H,26,30). The van der Waals surface area contributed by atoms with Gasteiger partial charge in [0.15, 0.2) is 0 Å². The van der Waals surface area contributed by atoms with Crippen LogP contribution in [0, 0.1) is 0 Å². The predicted octanol–water partition coefficient (Wildman–Crippen LogP) is 4.70. The van der Waals surface area contributed by atoms with Gasteiger partial charge in [0.25, 0.3) is 5.91 Å². The third kappa shape index (κ3) is 3.76. The van der Waals surface area contributed by atoms with Crippen LogP contribution >= 0.6 is 11.3 Å². The molecule has 5 rings (SSSR count). The Morgan fingerprint density at radius 2 is 2.00 bits per heavy atom. The van der Waals surface area contributed by atoms with Gasteiger partial charge >= 0.3 is 0 Å². The molecule has 0 spiro atoms. The Labute approximate surface area is 188 Å². The third-order valence-corrected chi connectivity index (χ3v) is 6.47. The number of thiazole rings is 1. The van der Waals surface area contributed by atoms with Crippen LogP contribution in [0.25, 0.3) is 20.8 Å². The molecule has 3 aromatic carbocycles. The molecule has 0 fully saturated rings. The van der Waals surface area contributed by atoms with Crippen molar-refractivity contribution in [3.8, 4) is 16.3 Å². The van der Waals surface area contributed by atoms with E-state index in [1.54, 1.807) is 30.3 Å². The number of fused-ring (bicyclic) bond motifs is 2. The van der Waals surface area contributed by atoms with Gasteiger partial charge in [0, 0.05) is 31.3 Å². The fourth-order valence-electron chi connectivity index (χ4n) is 3.69. The van der Waals surface area contributed by atoms with E-state index in [-0.39, 0.29) is 17.6 Å². The normalized spacial score (nSPS) is 13.4. The van der Waals surface area contributed by atoms with E-state index >= 15 is 0 Å². The Morgan fingerprint density at radius 1 is 1.16 bits per heavy atom. The van der Waals surface area contributed by atoms with Crippen molar-refractivity contribution in [2.75, 3.05) is 29.1 Å². The first-order valence-corrected chi connectivity index (χ1v) is 10.9. The molecule has 0 saturated heterocycles. The highest BCUT2D eigenvalue weighted by molar-refractivity contribution is 7.21. The Hall–Kier alpha value is -3.91. The molecule has 1 aromatic heterocycles. The highest BCUT2D eigenvalue weighted by atomic mass is 32.1. The van der Waals surface area contributed by atoms with Gasteiger partial charge in [0.1, 0.15) is 10.8 Å². The molecule has 0 atom stereocenters. The molecule has 0 bridgehead atoms. The maximum atomic E-state index is 12.9. The number of rotatable bonds is 3. The molecule has 160 valence electrons. The number of nitrogens with one attached hydrogen (secondary N) is 2. The Kier molecular flexibility index (Phi) is 4.99. The quantitative estimate of drug-likeness (QED) is 0.398. The number of aromatic nitrogens is 1. The van der Waals surface area contributed by atoms with E-state index in [9.17, 15) is 14.7 Å². The van der Waals surface area contributed by atoms with Gasteiger partial charge in [-0.15, -0.1) is 11.3 Å². The van der Waals surface area contributed by atoms with Gasteiger partial charge in [-0.1, -0.05) is 12.1 Å². The van der Waals surface area contributed by atoms with Gasteiger partial charge in [0.05, 0.1) is 27.2 Å². The van der Waals surface area contributed by atoms with E-state index in [2.05, 4.69) is 15.6 Å². The zero-order valence-electron chi connectivity index (χ0n) is 17.3. The molecular weight excluding hydrogens is 424 g/mol. The van der Waals surface area contributed by atoms with E-state index in [0.29, 0.717) is 40.5 Å². The van der Waals surface area contributed by atoms with Crippen molar-refractivity contribution in [3.05, 3.63) is 66.2 Å². The van der Waals surface area contributed by atoms with Crippen LogP contribution in [0.3, 0.4) is 0 Å². The number of carbonyl (C=O) groups excluding carboxylic acids is 2. The number of nitrogens with zero attached hydrogens (tertiary/aromatic N) is 2. The summed E-state index contributed by atoms with van der Waals surface area (Å²) >= 11 is 1.48. The molecule has 1 aliphatic rings. The van der Waals surface area contributed by atoms with Crippen molar-refractivity contribution in [1.82, 2.24) is 4.98 Å². The number of anilines is 3. The highest BCUT2D eigenvalue weighted by Crippen LogP contribution is 2.37. The molecule has 4 aromatic rings. The number of carbonyl (C=O) groups is 2. The summed E-state index contributed by atoms with van der Waals surface area (Å²) in [6.07, 6.45) is 0.398. The summed E-state index contributed by atoms with van der Waals surface area (Å²) in [5.74, 6) is -0.292. The van der Waals surface area contributed by atoms with Crippen LogP contribution in [0.5, 0.6) is 5.75 Å². The van der Waals surface area contributed by atoms with Crippen LogP contribution in [0.4, 0.5) is 17.1 Å². The summed E-state index contributed by atoms with van der Waals surface area (Å²) in [6.45, 7) is 0.617. The number of phenols is 1. The Bertz CT molecular complexity index is 1330. The lowest BCUT2D eigenvalue weighted by Crippen LogP contribution is -2.18. The molecule has 0 aliphatic carbocycles. The van der Waals surface area contributed by atoms with E-state index in [1.807, 2.05) is 42.3 Å². The van der Waals surface area contributed by atoms with Gasteiger partial charge < -0.3 is 20.6 Å². The molecule has 7 nitrogen and oxygen atoms in total. The van der Waals surface area contributed by atoms with Crippen molar-refractivity contribution in [3.63, 3.8) is 0 Å². The van der Waals surface area contributed by atoms with Crippen molar-refractivity contribution >= 4 is 50.4 Å². The zero-order chi connectivity index (χ0) is 22.2. The monoisotopic (exact) mass is 444 g/mol. The second-order valence-electron chi connectivity index (χ2n) is 7.62. The van der Waals surface area contributed by atoms with Crippen molar-refractivity contribution in [1.29, 1.82) is 0 Å². The summed E-state index contributed by atoms with van der Waals surface area (Å²) in [6, 6.07) is 17.9. The smallest absolute Gasteiger partial charge is 0.255 e. The van der Waals surface area contributed by atoms with E-state index < -0.39 is 0 Å². The average molecular weight is 445 g/mol. The number of phenolic OH excluding ortho intramolecular Hbond substituents is 1. The van der Waals surface area contributed by atoms with Crippen LogP contribution < -0.4 is 15.5 Å². The van der Waals surface area contributed by atoms with E-state index in [4.69, 9.17) is 0 Å². The van der Waals surface area contributed by atoms with Gasteiger partial charge in [-0.3, -0.25) is 9.59 Å². The van der Waals surface area contributed by atoms with E-state index in [1.165, 1.54) is 11.3 Å². The van der Waals surface area contributed by atoms with Gasteiger partial charge in [-0.25, -0.2) is 4.98 Å². The molecule has 2 heterocycles. The average Bonchev–Trinajstić information content (AvgIpc) is 3.16. The van der Waals surface area contributed by atoms with Crippen LogP contribution in [0.2, 0.25) is 0 Å². The fraction of sp³-hybridized carbons (Fsp3) is 0.125. The van der Waals surface area contributed by atoms with Gasteiger partial charge in [-0.2, -0.15) is 0 Å². The molecule has 1 aliphatic heterocycles. The predicted molar refractivity (Wildman–Crippen MR) is 128 cm³/mol. The minimum atomic E-state index is -0.310. The van der Waals surface area contributed by atoms with Crippen LogP contribution in [0.1, 0.15) is 16.8 Å². The summed E-state index contributed by atoms with van der Waals surface area (Å²) in [5.41, 5.74) is 3.86. The third-order valence-electron chi connectivity index (χ3n) is 5.40. The van der Waals surface area contributed by atoms with Crippen molar-refractivity contribution in [2.24, 2.45) is 0 Å².